The van der Waals surface area contributed by atoms with Gasteiger partial charge >= 0.3 is 0 Å². The fraction of sp³-hybridized carbons (Fsp3) is 0.538. The minimum atomic E-state index is 0.149. The molecule has 2 aromatic rings. The van der Waals surface area contributed by atoms with Crippen LogP contribution in [0.2, 0.25) is 0 Å². The molecule has 2 aliphatic rings. The van der Waals surface area contributed by atoms with Crippen molar-refractivity contribution in [2.45, 2.75) is 57.2 Å². The van der Waals surface area contributed by atoms with Gasteiger partial charge in [-0.2, -0.15) is 0 Å². The zero-order chi connectivity index (χ0) is 19.9. The molecule has 3 nitrogen and oxygen atoms in total. The van der Waals surface area contributed by atoms with Crippen molar-refractivity contribution in [3.05, 3.63) is 71.8 Å². The third-order valence-electron chi connectivity index (χ3n) is 7.00. The van der Waals surface area contributed by atoms with Gasteiger partial charge in [0.2, 0.25) is 0 Å². The Labute approximate surface area is 175 Å². The van der Waals surface area contributed by atoms with E-state index in [2.05, 4.69) is 65.6 Å². The fourth-order valence-electron chi connectivity index (χ4n) is 5.44. The molecule has 2 aromatic carbocycles. The van der Waals surface area contributed by atoms with E-state index in [0.29, 0.717) is 12.0 Å². The van der Waals surface area contributed by atoms with Gasteiger partial charge < -0.3 is 9.84 Å². The van der Waals surface area contributed by atoms with Crippen LogP contribution in [-0.2, 0) is 11.3 Å². The van der Waals surface area contributed by atoms with Crippen LogP contribution < -0.4 is 0 Å². The van der Waals surface area contributed by atoms with Crippen LogP contribution >= 0.6 is 0 Å². The summed E-state index contributed by atoms with van der Waals surface area (Å²) in [5, 5.41) is 10.1. The Hall–Kier alpha value is -1.68. The van der Waals surface area contributed by atoms with Crippen LogP contribution in [0.3, 0.4) is 0 Å². The van der Waals surface area contributed by atoms with E-state index in [1.807, 2.05) is 0 Å². The Morgan fingerprint density at radius 2 is 1.59 bits per heavy atom. The van der Waals surface area contributed by atoms with Gasteiger partial charge in [0.25, 0.3) is 0 Å². The minimum Gasteiger partial charge on any atom is -0.394 e. The molecule has 0 aromatic heterocycles. The molecule has 1 heterocycles. The normalized spacial score (nSPS) is 26.4. The summed E-state index contributed by atoms with van der Waals surface area (Å²) >= 11 is 0. The van der Waals surface area contributed by atoms with Gasteiger partial charge in [0.05, 0.1) is 19.3 Å². The van der Waals surface area contributed by atoms with E-state index >= 15 is 0 Å². The maximum Gasteiger partial charge on any atom is 0.0717 e. The largest absolute Gasteiger partial charge is 0.394 e. The van der Waals surface area contributed by atoms with Crippen molar-refractivity contribution >= 4 is 0 Å². The Bertz CT molecular complexity index is 712. The molecule has 1 saturated heterocycles. The number of hydrogen-bond acceptors (Lipinski definition) is 3. The highest BCUT2D eigenvalue weighted by Crippen LogP contribution is 2.40. The van der Waals surface area contributed by atoms with Crippen LogP contribution in [0.4, 0.5) is 0 Å². The number of aliphatic hydroxyl groups is 1. The Morgan fingerprint density at radius 1 is 0.897 bits per heavy atom. The van der Waals surface area contributed by atoms with Crippen molar-refractivity contribution in [2.75, 3.05) is 19.8 Å². The van der Waals surface area contributed by atoms with Crippen LogP contribution in [0.25, 0.3) is 0 Å². The minimum absolute atomic E-state index is 0.149. The molecule has 0 spiro atoms. The Kier molecular flexibility index (Phi) is 7.37. The standard InChI is InChI=1S/C26H35NO2/c28-18-26(23-10-5-2-6-11-23)27-17-7-12-25(27)24-15-13-22(14-16-24)20-29-19-21-8-3-1-4-9-21/h1-6,8-11,22,24-26,28H,7,12-20H2/t22?,24?,25-,26-/m1/s1. The maximum absolute atomic E-state index is 10.1. The second-order valence-electron chi connectivity index (χ2n) is 8.84. The summed E-state index contributed by atoms with van der Waals surface area (Å²) in [6.07, 6.45) is 7.69. The van der Waals surface area contributed by atoms with Crippen molar-refractivity contribution in [1.82, 2.24) is 4.90 Å². The average molecular weight is 394 g/mol. The monoisotopic (exact) mass is 393 g/mol. The lowest BCUT2D eigenvalue weighted by atomic mass is 9.77. The van der Waals surface area contributed by atoms with Gasteiger partial charge in [-0.3, -0.25) is 4.90 Å². The van der Waals surface area contributed by atoms with Gasteiger partial charge in [-0.05, 0) is 68.0 Å². The van der Waals surface area contributed by atoms with E-state index in [9.17, 15) is 5.11 Å². The summed E-state index contributed by atoms with van der Waals surface area (Å²) < 4.78 is 6.01. The van der Waals surface area contributed by atoms with E-state index < -0.39 is 0 Å². The number of likely N-dealkylation sites (tertiary alicyclic amines) is 1. The number of hydrogen-bond donors (Lipinski definition) is 1. The summed E-state index contributed by atoms with van der Waals surface area (Å²) in [5.74, 6) is 1.47. The molecular formula is C26H35NO2. The molecule has 156 valence electrons. The van der Waals surface area contributed by atoms with E-state index in [0.717, 1.165) is 25.7 Å². The quantitative estimate of drug-likeness (QED) is 0.668. The van der Waals surface area contributed by atoms with Gasteiger partial charge in [-0.25, -0.2) is 0 Å². The highest BCUT2D eigenvalue weighted by Gasteiger charge is 2.37. The maximum atomic E-state index is 10.1. The van der Waals surface area contributed by atoms with Gasteiger partial charge in [0.15, 0.2) is 0 Å². The van der Waals surface area contributed by atoms with E-state index in [-0.39, 0.29) is 12.6 Å². The summed E-state index contributed by atoms with van der Waals surface area (Å²) in [7, 11) is 0. The van der Waals surface area contributed by atoms with Crippen molar-refractivity contribution in [3.8, 4) is 0 Å². The number of ether oxygens (including phenoxy) is 1. The Morgan fingerprint density at radius 3 is 2.28 bits per heavy atom. The first-order valence-corrected chi connectivity index (χ1v) is 11.4. The first-order valence-electron chi connectivity index (χ1n) is 11.4. The molecule has 1 N–H and O–H groups in total. The molecular weight excluding hydrogens is 358 g/mol. The van der Waals surface area contributed by atoms with E-state index in [1.54, 1.807) is 0 Å². The fourth-order valence-corrected chi connectivity index (χ4v) is 5.44. The lowest BCUT2D eigenvalue weighted by Crippen LogP contribution is -2.41. The first kappa shape index (κ1) is 20.6. The van der Waals surface area contributed by atoms with Gasteiger partial charge in [0.1, 0.15) is 0 Å². The second kappa shape index (κ2) is 10.4. The highest BCUT2D eigenvalue weighted by molar-refractivity contribution is 5.20. The topological polar surface area (TPSA) is 32.7 Å². The van der Waals surface area contributed by atoms with E-state index in [4.69, 9.17) is 4.74 Å². The van der Waals surface area contributed by atoms with Crippen molar-refractivity contribution in [3.63, 3.8) is 0 Å². The van der Waals surface area contributed by atoms with Crippen molar-refractivity contribution < 1.29 is 9.84 Å². The van der Waals surface area contributed by atoms with Gasteiger partial charge in [-0.1, -0.05) is 60.7 Å². The predicted molar refractivity (Wildman–Crippen MR) is 118 cm³/mol. The zero-order valence-electron chi connectivity index (χ0n) is 17.5. The predicted octanol–water partition coefficient (Wildman–Crippen LogP) is 5.21. The third-order valence-corrected chi connectivity index (χ3v) is 7.00. The third kappa shape index (κ3) is 5.28. The summed E-state index contributed by atoms with van der Waals surface area (Å²) in [6, 6.07) is 21.8. The zero-order valence-corrected chi connectivity index (χ0v) is 17.5. The molecule has 4 rings (SSSR count). The molecule has 29 heavy (non-hydrogen) atoms. The number of benzene rings is 2. The van der Waals surface area contributed by atoms with Crippen LogP contribution in [-0.4, -0.2) is 35.8 Å². The molecule has 0 amide bonds. The number of aliphatic hydroxyl groups excluding tert-OH is 1. The molecule has 2 fully saturated rings. The summed E-state index contributed by atoms with van der Waals surface area (Å²) in [6.45, 7) is 2.94. The molecule has 2 atom stereocenters. The summed E-state index contributed by atoms with van der Waals surface area (Å²) in [4.78, 5) is 2.60. The molecule has 0 bridgehead atoms. The van der Waals surface area contributed by atoms with Crippen molar-refractivity contribution in [2.24, 2.45) is 11.8 Å². The van der Waals surface area contributed by atoms with Crippen LogP contribution in [0.1, 0.15) is 55.7 Å². The highest BCUT2D eigenvalue weighted by atomic mass is 16.5. The number of rotatable bonds is 8. The lowest BCUT2D eigenvalue weighted by Gasteiger charge is -2.39. The molecule has 1 saturated carbocycles. The van der Waals surface area contributed by atoms with Gasteiger partial charge in [0, 0.05) is 12.6 Å². The SMILES string of the molecule is OC[C@H](c1ccccc1)N1CCC[C@@H]1C1CCC(COCc2ccccc2)CC1. The smallest absolute Gasteiger partial charge is 0.0717 e. The second-order valence-corrected chi connectivity index (χ2v) is 8.84. The first-order chi connectivity index (χ1) is 14.3. The molecule has 1 aliphatic heterocycles. The van der Waals surface area contributed by atoms with Crippen molar-refractivity contribution in [1.29, 1.82) is 0 Å². The lowest BCUT2D eigenvalue weighted by molar-refractivity contribution is 0.0413. The number of nitrogens with zero attached hydrogens (tertiary/aromatic N) is 1. The summed E-state index contributed by atoms with van der Waals surface area (Å²) in [5.41, 5.74) is 2.52. The molecule has 3 heteroatoms. The van der Waals surface area contributed by atoms with E-state index in [1.165, 1.54) is 49.7 Å². The van der Waals surface area contributed by atoms with Crippen LogP contribution in [0, 0.1) is 11.8 Å². The van der Waals surface area contributed by atoms with Gasteiger partial charge in [-0.15, -0.1) is 0 Å². The Balaban J connectivity index is 1.27. The van der Waals surface area contributed by atoms with Crippen LogP contribution in [0.15, 0.2) is 60.7 Å². The van der Waals surface area contributed by atoms with Crippen LogP contribution in [0.5, 0.6) is 0 Å². The average Bonchev–Trinajstić information content (AvgIpc) is 3.26. The molecule has 1 aliphatic carbocycles. The molecule has 0 unspecified atom stereocenters. The molecule has 0 radical (unpaired) electrons.